The molecule has 3 aromatic carbocycles. The Morgan fingerprint density at radius 3 is 2.42 bits per heavy atom. The van der Waals surface area contributed by atoms with Crippen LogP contribution in [0, 0.1) is 0 Å². The first-order valence-corrected chi connectivity index (χ1v) is 11.5. The summed E-state index contributed by atoms with van der Waals surface area (Å²) in [4.78, 5) is 16.0. The van der Waals surface area contributed by atoms with Crippen LogP contribution < -0.4 is 24.8 Å². The molecule has 3 N–H and O–H groups in total. The van der Waals surface area contributed by atoms with Gasteiger partial charge in [0.05, 0.1) is 12.2 Å². The predicted molar refractivity (Wildman–Crippen MR) is 137 cm³/mol. The van der Waals surface area contributed by atoms with Crippen LogP contribution >= 0.6 is 0 Å². The lowest BCUT2D eigenvalue weighted by atomic mass is 9.77. The summed E-state index contributed by atoms with van der Waals surface area (Å²) in [5.41, 5.74) is 10.3. The van der Waals surface area contributed by atoms with Gasteiger partial charge in [0.1, 0.15) is 36.8 Å². The van der Waals surface area contributed by atoms with Gasteiger partial charge in [0, 0.05) is 23.4 Å². The highest BCUT2D eigenvalue weighted by atomic mass is 16.6. The topological polar surface area (TPSA) is 103 Å². The molecule has 7 rings (SSSR count). The fourth-order valence-electron chi connectivity index (χ4n) is 5.33. The molecule has 0 saturated heterocycles. The molecule has 0 aliphatic carbocycles. The van der Waals surface area contributed by atoms with Gasteiger partial charge in [-0.1, -0.05) is 49.9 Å². The Morgan fingerprint density at radius 2 is 1.67 bits per heavy atom. The van der Waals surface area contributed by atoms with Crippen LogP contribution in [0.2, 0.25) is 0 Å². The van der Waals surface area contributed by atoms with Crippen LogP contribution in [0.5, 0.6) is 17.2 Å². The Hall–Kier alpha value is -4.46. The highest BCUT2D eigenvalue weighted by Crippen LogP contribution is 2.55. The molecule has 8 nitrogen and oxygen atoms in total. The number of nitrogens with one attached hydrogen (secondary N) is 1. The van der Waals surface area contributed by atoms with Crippen molar-refractivity contribution in [2.24, 2.45) is 0 Å². The largest absolute Gasteiger partial charge is 0.491 e. The first-order chi connectivity index (χ1) is 17.1. The molecule has 0 radical (unpaired) electrons. The zero-order valence-corrected chi connectivity index (χ0v) is 18.8. The van der Waals surface area contributed by atoms with E-state index in [2.05, 4.69) is 10.2 Å². The second-order valence-electron chi connectivity index (χ2n) is 9.00. The second kappa shape index (κ2) is 8.05. The van der Waals surface area contributed by atoms with Crippen molar-refractivity contribution < 1.29 is 19.0 Å². The average molecular weight is 483 g/mol. The molecule has 0 fully saturated rings. The van der Waals surface area contributed by atoms with E-state index in [9.17, 15) is 4.79 Å². The van der Waals surface area contributed by atoms with Crippen molar-refractivity contribution in [1.82, 2.24) is 10.2 Å². The number of carbonyl (C=O) groups is 1. The van der Waals surface area contributed by atoms with Gasteiger partial charge < -0.3 is 24.8 Å². The predicted octanol–water partition coefficient (Wildman–Crippen LogP) is 4.29. The minimum absolute atomic E-state index is 0. The number of para-hydroxylation sites is 1. The first-order valence-electron chi connectivity index (χ1n) is 11.5. The summed E-state index contributed by atoms with van der Waals surface area (Å²) < 4.78 is 17.6. The zero-order valence-electron chi connectivity index (χ0n) is 18.8. The molecule has 182 valence electrons. The summed E-state index contributed by atoms with van der Waals surface area (Å²) in [6.07, 6.45) is 0. The van der Waals surface area contributed by atoms with Crippen LogP contribution in [-0.4, -0.2) is 35.9 Å². The minimum atomic E-state index is -0.908. The number of nitrogen functional groups attached to an aromatic ring is 1. The highest BCUT2D eigenvalue weighted by molar-refractivity contribution is 6.11. The van der Waals surface area contributed by atoms with E-state index in [0.717, 1.165) is 33.6 Å². The van der Waals surface area contributed by atoms with Gasteiger partial charge in [0.15, 0.2) is 11.5 Å². The number of nitrogens with zero attached hydrogens (tertiary/aromatic N) is 2. The van der Waals surface area contributed by atoms with E-state index < -0.39 is 5.41 Å². The summed E-state index contributed by atoms with van der Waals surface area (Å²) in [5.74, 6) is 2.42. The fraction of sp³-hybridized carbons (Fsp3) is 0.214. The molecule has 4 aromatic rings. The maximum absolute atomic E-state index is 14.2. The van der Waals surface area contributed by atoms with E-state index >= 15 is 0 Å². The number of hydrogen-bond acceptors (Lipinski definition) is 6. The lowest BCUT2D eigenvalue weighted by Crippen LogP contribution is -2.42. The Labute approximate surface area is 208 Å². The van der Waals surface area contributed by atoms with E-state index in [1.165, 1.54) is 0 Å². The van der Waals surface area contributed by atoms with Crippen LogP contribution in [0.25, 0.3) is 11.3 Å². The molecule has 1 atom stereocenters. The van der Waals surface area contributed by atoms with E-state index in [1.54, 1.807) is 6.07 Å². The number of fused-ring (bicyclic) bond motifs is 5. The summed E-state index contributed by atoms with van der Waals surface area (Å²) >= 11 is 0. The lowest BCUT2D eigenvalue weighted by Gasteiger charge is -2.24. The average Bonchev–Trinajstić information content (AvgIpc) is 3.56. The quantitative estimate of drug-likeness (QED) is 0.452. The monoisotopic (exact) mass is 482 g/mol. The summed E-state index contributed by atoms with van der Waals surface area (Å²) in [6, 6.07) is 21.6. The molecule has 0 bridgehead atoms. The van der Waals surface area contributed by atoms with Gasteiger partial charge in [-0.15, -0.1) is 0 Å². The van der Waals surface area contributed by atoms with E-state index in [4.69, 9.17) is 19.9 Å². The molecule has 4 heterocycles. The number of H-pyrrole nitrogens is 1. The van der Waals surface area contributed by atoms with Crippen LogP contribution in [0.4, 0.5) is 11.5 Å². The summed E-state index contributed by atoms with van der Waals surface area (Å²) in [5, 5.41) is 6.92. The Kier molecular flexibility index (Phi) is 4.93. The third-order valence-corrected chi connectivity index (χ3v) is 7.02. The number of aromatic nitrogens is 2. The van der Waals surface area contributed by atoms with Crippen molar-refractivity contribution in [3.05, 3.63) is 83.4 Å². The van der Waals surface area contributed by atoms with Crippen molar-refractivity contribution in [3.63, 3.8) is 0 Å². The molecule has 3 aliphatic heterocycles. The molecule has 1 unspecified atom stereocenters. The molecule has 1 amide bonds. The number of ether oxygens (including phenoxy) is 3. The van der Waals surface area contributed by atoms with Crippen molar-refractivity contribution in [3.8, 4) is 28.5 Å². The zero-order chi connectivity index (χ0) is 23.6. The molecule has 1 aromatic heterocycles. The number of hydrogen-bond donors (Lipinski definition) is 2. The van der Waals surface area contributed by atoms with Gasteiger partial charge in [-0.05, 0) is 28.8 Å². The number of rotatable bonds is 3. The molecule has 36 heavy (non-hydrogen) atoms. The van der Waals surface area contributed by atoms with E-state index in [0.29, 0.717) is 42.8 Å². The summed E-state index contributed by atoms with van der Waals surface area (Å²) in [6.45, 7) is 1.68. The molecular formula is C28H26N4O4. The van der Waals surface area contributed by atoms with Crippen molar-refractivity contribution in [2.45, 2.75) is 19.4 Å². The standard InChI is InChI=1S/C27H22N4O4.CH4/c28-25-12-20(29-30-25)17-7-5-16(6-8-17)14-31-21-4-2-1-3-18(21)27(26(31)32)15-35-22-13-24-23(11-19(22)27)33-9-10-34-24;/h1-8,11-13H,9-10,14-15H2,(H3,28,29,30);1H4. The number of benzene rings is 3. The number of anilines is 2. The van der Waals surface area contributed by atoms with Crippen LogP contribution in [0.1, 0.15) is 24.1 Å². The number of aromatic amines is 1. The maximum atomic E-state index is 14.2. The number of carbonyl (C=O) groups excluding carboxylic acids is 1. The summed E-state index contributed by atoms with van der Waals surface area (Å²) in [7, 11) is 0. The van der Waals surface area contributed by atoms with Gasteiger partial charge >= 0.3 is 0 Å². The number of nitrogens with two attached hydrogens (primary N) is 1. The smallest absolute Gasteiger partial charge is 0.246 e. The Bertz CT molecular complexity index is 1480. The van der Waals surface area contributed by atoms with Gasteiger partial charge in [-0.25, -0.2) is 0 Å². The third kappa shape index (κ3) is 3.07. The Balaban J connectivity index is 0.00000240. The van der Waals surface area contributed by atoms with Gasteiger partial charge in [-0.3, -0.25) is 9.89 Å². The normalized spacial score (nSPS) is 19.0. The van der Waals surface area contributed by atoms with Crippen molar-refractivity contribution in [1.29, 1.82) is 0 Å². The second-order valence-corrected chi connectivity index (χ2v) is 9.00. The maximum Gasteiger partial charge on any atom is 0.246 e. The van der Waals surface area contributed by atoms with E-state index in [-0.39, 0.29) is 19.9 Å². The SMILES string of the molecule is C.Nc1cc(-c2ccc(CN3C(=O)C4(COc5cc6c(cc54)OCCO6)c4ccccc43)cc2)[nH]n1. The fourth-order valence-corrected chi connectivity index (χ4v) is 5.33. The van der Waals surface area contributed by atoms with Crippen molar-refractivity contribution in [2.75, 3.05) is 30.5 Å². The van der Waals surface area contributed by atoms with Gasteiger partial charge in [0.25, 0.3) is 0 Å². The van der Waals surface area contributed by atoms with Crippen LogP contribution in [-0.2, 0) is 16.8 Å². The molecule has 8 heteroatoms. The molecular weight excluding hydrogens is 456 g/mol. The molecule has 1 spiro atoms. The lowest BCUT2D eigenvalue weighted by molar-refractivity contribution is -0.122. The third-order valence-electron chi connectivity index (χ3n) is 7.02. The van der Waals surface area contributed by atoms with Crippen LogP contribution in [0.3, 0.4) is 0 Å². The first kappa shape index (κ1) is 22.0. The highest BCUT2D eigenvalue weighted by Gasteiger charge is 2.57. The molecule has 0 saturated carbocycles. The molecule has 3 aliphatic rings. The van der Waals surface area contributed by atoms with Gasteiger partial charge in [-0.2, -0.15) is 5.10 Å². The van der Waals surface area contributed by atoms with Crippen molar-refractivity contribution >= 4 is 17.4 Å². The minimum Gasteiger partial charge on any atom is -0.491 e. The Morgan fingerprint density at radius 1 is 0.917 bits per heavy atom. The van der Waals surface area contributed by atoms with Gasteiger partial charge in [0.2, 0.25) is 5.91 Å². The van der Waals surface area contributed by atoms with E-state index in [1.807, 2.05) is 65.6 Å². The van der Waals surface area contributed by atoms with Crippen LogP contribution in [0.15, 0.2) is 66.7 Å². The number of amides is 1.